The van der Waals surface area contributed by atoms with E-state index in [-0.39, 0.29) is 23.0 Å². The van der Waals surface area contributed by atoms with Crippen LogP contribution in [-0.4, -0.2) is 39.5 Å². The first-order valence-electron chi connectivity index (χ1n) is 10.8. The Labute approximate surface area is 210 Å². The molecule has 0 unspecified atom stereocenters. The highest BCUT2D eigenvalue weighted by atomic mass is 32.2. The standard InChI is InChI=1S/C25H23FN4O3S2/c1-3-30-20(13-16-7-5-4-6-8-16)28-29-25(30)35-15-21(31)27-23-22(24(32)33-2)19(14-34-23)17-9-11-18(26)12-10-17/h4-12,14H,3,13,15H2,1-2H3,(H,27,31). The maximum atomic E-state index is 13.3. The van der Waals surface area contributed by atoms with E-state index in [9.17, 15) is 14.0 Å². The normalized spacial score (nSPS) is 10.8. The molecule has 0 saturated carbocycles. The SMILES string of the molecule is CCn1c(Cc2ccccc2)nnc1SCC(=O)Nc1scc(-c2ccc(F)cc2)c1C(=O)OC. The summed E-state index contributed by atoms with van der Waals surface area (Å²) in [5, 5.41) is 14.2. The predicted octanol–water partition coefficient (Wildman–Crippen LogP) is 5.27. The molecule has 2 aromatic heterocycles. The van der Waals surface area contributed by atoms with Crippen molar-refractivity contribution in [2.24, 2.45) is 0 Å². The van der Waals surface area contributed by atoms with E-state index in [0.717, 1.165) is 11.4 Å². The van der Waals surface area contributed by atoms with E-state index in [0.29, 0.717) is 34.2 Å². The highest BCUT2D eigenvalue weighted by Crippen LogP contribution is 2.36. The Morgan fingerprint density at radius 2 is 1.86 bits per heavy atom. The summed E-state index contributed by atoms with van der Waals surface area (Å²) < 4.78 is 20.3. The van der Waals surface area contributed by atoms with Gasteiger partial charge in [-0.15, -0.1) is 21.5 Å². The Kier molecular flexibility index (Phi) is 7.94. The van der Waals surface area contributed by atoms with Crippen LogP contribution in [0.3, 0.4) is 0 Å². The number of nitrogens with zero attached hydrogens (tertiary/aromatic N) is 3. The molecule has 10 heteroatoms. The smallest absolute Gasteiger partial charge is 0.341 e. The van der Waals surface area contributed by atoms with Crippen LogP contribution in [0.15, 0.2) is 65.1 Å². The maximum Gasteiger partial charge on any atom is 0.341 e. The van der Waals surface area contributed by atoms with Gasteiger partial charge >= 0.3 is 5.97 Å². The summed E-state index contributed by atoms with van der Waals surface area (Å²) in [5.41, 5.74) is 2.60. The van der Waals surface area contributed by atoms with Crippen LogP contribution in [0, 0.1) is 5.82 Å². The van der Waals surface area contributed by atoms with Crippen molar-refractivity contribution in [2.45, 2.75) is 25.0 Å². The Morgan fingerprint density at radius 3 is 2.54 bits per heavy atom. The van der Waals surface area contributed by atoms with Gasteiger partial charge < -0.3 is 14.6 Å². The number of thioether (sulfide) groups is 1. The fraction of sp³-hybridized carbons (Fsp3) is 0.200. The van der Waals surface area contributed by atoms with Crippen LogP contribution in [0.5, 0.6) is 0 Å². The van der Waals surface area contributed by atoms with Gasteiger partial charge in [0.2, 0.25) is 5.91 Å². The summed E-state index contributed by atoms with van der Waals surface area (Å²) >= 11 is 2.49. The first-order chi connectivity index (χ1) is 17.0. The molecular formula is C25H23FN4O3S2. The lowest BCUT2D eigenvalue weighted by Crippen LogP contribution is -2.16. The summed E-state index contributed by atoms with van der Waals surface area (Å²) in [7, 11) is 1.28. The van der Waals surface area contributed by atoms with Crippen LogP contribution in [-0.2, 0) is 22.5 Å². The molecule has 1 amide bonds. The fourth-order valence-electron chi connectivity index (χ4n) is 3.54. The van der Waals surface area contributed by atoms with Crippen molar-refractivity contribution in [2.75, 3.05) is 18.2 Å². The molecule has 0 atom stereocenters. The second-order valence-electron chi connectivity index (χ2n) is 7.49. The molecule has 0 spiro atoms. The number of nitrogens with one attached hydrogen (secondary N) is 1. The van der Waals surface area contributed by atoms with Crippen LogP contribution in [0.4, 0.5) is 9.39 Å². The van der Waals surface area contributed by atoms with E-state index in [2.05, 4.69) is 15.5 Å². The van der Waals surface area contributed by atoms with Gasteiger partial charge in [-0.25, -0.2) is 9.18 Å². The third-order valence-electron chi connectivity index (χ3n) is 5.24. The quantitative estimate of drug-likeness (QED) is 0.244. The average molecular weight is 511 g/mol. The molecule has 1 N–H and O–H groups in total. The lowest BCUT2D eigenvalue weighted by Gasteiger charge is -2.09. The number of aromatic nitrogens is 3. The van der Waals surface area contributed by atoms with Gasteiger partial charge in [-0.1, -0.05) is 54.2 Å². The summed E-state index contributed by atoms with van der Waals surface area (Å²) in [6.07, 6.45) is 0.651. The number of carbonyl (C=O) groups excluding carboxylic acids is 2. The second kappa shape index (κ2) is 11.3. The van der Waals surface area contributed by atoms with Crippen molar-refractivity contribution in [1.29, 1.82) is 0 Å². The highest BCUT2D eigenvalue weighted by molar-refractivity contribution is 7.99. The third-order valence-corrected chi connectivity index (χ3v) is 7.10. The number of thiophene rings is 1. The minimum atomic E-state index is -0.579. The number of ether oxygens (including phenoxy) is 1. The molecule has 2 aromatic carbocycles. The highest BCUT2D eigenvalue weighted by Gasteiger charge is 2.23. The van der Waals surface area contributed by atoms with Gasteiger partial charge in [0.15, 0.2) is 5.16 Å². The lowest BCUT2D eigenvalue weighted by atomic mass is 10.0. The largest absolute Gasteiger partial charge is 0.465 e. The Bertz CT molecular complexity index is 1320. The van der Waals surface area contributed by atoms with Crippen LogP contribution in [0.1, 0.15) is 28.7 Å². The van der Waals surface area contributed by atoms with Crippen molar-refractivity contribution in [3.05, 3.63) is 82.7 Å². The zero-order chi connectivity index (χ0) is 24.8. The molecular weight excluding hydrogens is 487 g/mol. The number of anilines is 1. The van der Waals surface area contributed by atoms with Gasteiger partial charge in [-0.3, -0.25) is 4.79 Å². The number of hydrogen-bond acceptors (Lipinski definition) is 7. The van der Waals surface area contributed by atoms with E-state index in [4.69, 9.17) is 4.74 Å². The van der Waals surface area contributed by atoms with Crippen LogP contribution in [0.2, 0.25) is 0 Å². The van der Waals surface area contributed by atoms with E-state index in [1.54, 1.807) is 17.5 Å². The van der Waals surface area contributed by atoms with E-state index >= 15 is 0 Å². The predicted molar refractivity (Wildman–Crippen MR) is 135 cm³/mol. The summed E-state index contributed by atoms with van der Waals surface area (Å²) in [4.78, 5) is 25.2. The number of esters is 1. The van der Waals surface area contributed by atoms with Gasteiger partial charge in [0, 0.05) is 23.9 Å². The van der Waals surface area contributed by atoms with Gasteiger partial charge in [-0.2, -0.15) is 0 Å². The first-order valence-corrected chi connectivity index (χ1v) is 12.7. The van der Waals surface area contributed by atoms with Crippen LogP contribution in [0.25, 0.3) is 11.1 Å². The Hall–Kier alpha value is -3.50. The van der Waals surface area contributed by atoms with Crippen molar-refractivity contribution >= 4 is 40.0 Å². The molecule has 0 aliphatic carbocycles. The van der Waals surface area contributed by atoms with E-state index in [1.807, 2.05) is 41.8 Å². The zero-order valence-corrected chi connectivity index (χ0v) is 20.8. The maximum absolute atomic E-state index is 13.3. The molecule has 4 rings (SSSR count). The number of hydrogen-bond donors (Lipinski definition) is 1. The zero-order valence-electron chi connectivity index (χ0n) is 19.2. The molecule has 7 nitrogen and oxygen atoms in total. The van der Waals surface area contributed by atoms with Gasteiger partial charge in [0.25, 0.3) is 0 Å². The van der Waals surface area contributed by atoms with E-state index in [1.165, 1.54) is 42.3 Å². The Balaban J connectivity index is 1.46. The average Bonchev–Trinajstić information content (AvgIpc) is 3.47. The molecule has 35 heavy (non-hydrogen) atoms. The molecule has 180 valence electrons. The van der Waals surface area contributed by atoms with Crippen molar-refractivity contribution in [3.8, 4) is 11.1 Å². The topological polar surface area (TPSA) is 86.1 Å². The number of carbonyl (C=O) groups is 2. The molecule has 0 bridgehead atoms. The third kappa shape index (κ3) is 5.77. The number of methoxy groups -OCH3 is 1. The van der Waals surface area contributed by atoms with E-state index < -0.39 is 5.97 Å². The van der Waals surface area contributed by atoms with Crippen molar-refractivity contribution in [3.63, 3.8) is 0 Å². The number of amides is 1. The molecule has 0 aliphatic heterocycles. The minimum absolute atomic E-state index is 0.0911. The van der Waals surface area contributed by atoms with Gasteiger partial charge in [0.1, 0.15) is 22.2 Å². The number of benzene rings is 2. The minimum Gasteiger partial charge on any atom is -0.465 e. The van der Waals surface area contributed by atoms with Crippen molar-refractivity contribution in [1.82, 2.24) is 14.8 Å². The van der Waals surface area contributed by atoms with Gasteiger partial charge in [-0.05, 0) is 30.2 Å². The van der Waals surface area contributed by atoms with Crippen LogP contribution < -0.4 is 5.32 Å². The second-order valence-corrected chi connectivity index (χ2v) is 9.32. The Morgan fingerprint density at radius 1 is 1.11 bits per heavy atom. The fourth-order valence-corrected chi connectivity index (χ4v) is 5.34. The first kappa shape index (κ1) is 24.6. The molecule has 0 aliphatic rings. The summed E-state index contributed by atoms with van der Waals surface area (Å²) in [6, 6.07) is 15.8. The summed E-state index contributed by atoms with van der Waals surface area (Å²) in [6.45, 7) is 2.69. The molecule has 2 heterocycles. The lowest BCUT2D eigenvalue weighted by molar-refractivity contribution is -0.113. The number of halogens is 1. The van der Waals surface area contributed by atoms with Gasteiger partial charge in [0.05, 0.1) is 12.9 Å². The van der Waals surface area contributed by atoms with Crippen molar-refractivity contribution < 1.29 is 18.7 Å². The molecule has 4 aromatic rings. The summed E-state index contributed by atoms with van der Waals surface area (Å²) in [5.74, 6) is -0.320. The molecule has 0 saturated heterocycles. The molecule has 0 fully saturated rings. The molecule has 0 radical (unpaired) electrons. The monoisotopic (exact) mass is 510 g/mol. The number of rotatable bonds is 9. The van der Waals surface area contributed by atoms with Crippen LogP contribution >= 0.6 is 23.1 Å².